The van der Waals surface area contributed by atoms with Gasteiger partial charge in [0.25, 0.3) is 0 Å². The van der Waals surface area contributed by atoms with Gasteiger partial charge in [0.05, 0.1) is 6.04 Å². The Morgan fingerprint density at radius 1 is 1.35 bits per heavy atom. The van der Waals surface area contributed by atoms with Crippen LogP contribution in [0.4, 0.5) is 4.79 Å². The second-order valence-corrected chi connectivity index (χ2v) is 3.86. The summed E-state index contributed by atoms with van der Waals surface area (Å²) < 4.78 is 0. The summed E-state index contributed by atoms with van der Waals surface area (Å²) in [5.74, 6) is -1.16. The van der Waals surface area contributed by atoms with Crippen molar-refractivity contribution in [2.24, 2.45) is 0 Å². The zero-order chi connectivity index (χ0) is 12.8. The number of nitrogens with one attached hydrogen (secondary N) is 1. The molecule has 1 aromatic rings. The highest BCUT2D eigenvalue weighted by Gasteiger charge is 2.23. The smallest absolute Gasteiger partial charge is 0.200 e. The van der Waals surface area contributed by atoms with Crippen molar-refractivity contribution >= 4 is 19.4 Å². The van der Waals surface area contributed by atoms with E-state index in [1.165, 1.54) is 6.92 Å². The molecule has 0 saturated heterocycles. The molecule has 0 aliphatic carbocycles. The molecular weight excluding hydrogens is 217 g/mol. The summed E-state index contributed by atoms with van der Waals surface area (Å²) in [5.41, 5.74) is 0.909. The highest BCUT2D eigenvalue weighted by molar-refractivity contribution is 6.57. The van der Waals surface area contributed by atoms with Gasteiger partial charge < -0.3 is 10.4 Å². The molecule has 88 valence electrons. The van der Waals surface area contributed by atoms with E-state index in [2.05, 4.69) is 5.32 Å². The molecule has 0 aliphatic rings. The molecule has 0 aromatic heterocycles. The van der Waals surface area contributed by atoms with Gasteiger partial charge in [0.15, 0.2) is 11.6 Å². The maximum Gasteiger partial charge on any atom is 0.200 e. The summed E-state index contributed by atoms with van der Waals surface area (Å²) in [7, 11) is 5.01. The predicted molar refractivity (Wildman–Crippen MR) is 64.9 cm³/mol. The van der Waals surface area contributed by atoms with Crippen LogP contribution in [-0.4, -0.2) is 36.7 Å². The Labute approximate surface area is 101 Å². The lowest BCUT2D eigenvalue weighted by Crippen LogP contribution is -2.47. The molecular formula is C12H14BNO3. The van der Waals surface area contributed by atoms with Crippen LogP contribution < -0.4 is 5.32 Å². The maximum absolute atomic E-state index is 11.1. The van der Waals surface area contributed by atoms with E-state index >= 15 is 0 Å². The summed E-state index contributed by atoms with van der Waals surface area (Å²) >= 11 is 0. The van der Waals surface area contributed by atoms with Crippen molar-refractivity contribution in [3.05, 3.63) is 35.9 Å². The van der Waals surface area contributed by atoms with Gasteiger partial charge >= 0.3 is 0 Å². The Balaban J connectivity index is 2.77. The molecule has 5 heteroatoms. The van der Waals surface area contributed by atoms with Gasteiger partial charge in [0.2, 0.25) is 7.85 Å². The molecule has 0 fully saturated rings. The molecule has 1 rings (SSSR count). The molecule has 0 heterocycles. The van der Waals surface area contributed by atoms with Crippen LogP contribution in [0.25, 0.3) is 0 Å². The third-order valence-corrected chi connectivity index (χ3v) is 2.42. The zero-order valence-electron chi connectivity index (χ0n) is 9.59. The van der Waals surface area contributed by atoms with E-state index in [0.717, 1.165) is 5.56 Å². The van der Waals surface area contributed by atoms with Gasteiger partial charge in [0.1, 0.15) is 6.10 Å². The van der Waals surface area contributed by atoms with Gasteiger partial charge in [-0.2, -0.15) is 0 Å². The Morgan fingerprint density at radius 2 is 1.94 bits per heavy atom. The number of hydrogen-bond donors (Lipinski definition) is 2. The minimum absolute atomic E-state index is 0.352. The molecule has 4 nitrogen and oxygen atoms in total. The van der Waals surface area contributed by atoms with Gasteiger partial charge in [-0.3, -0.25) is 9.59 Å². The second kappa shape index (κ2) is 6.20. The fourth-order valence-electron chi connectivity index (χ4n) is 1.58. The molecule has 0 saturated carbocycles. The van der Waals surface area contributed by atoms with Crippen LogP contribution in [0.3, 0.4) is 0 Å². The third-order valence-electron chi connectivity index (χ3n) is 2.42. The first-order chi connectivity index (χ1) is 8.00. The lowest BCUT2D eigenvalue weighted by molar-refractivity contribution is -0.126. The van der Waals surface area contributed by atoms with Gasteiger partial charge in [-0.05, 0) is 18.9 Å². The van der Waals surface area contributed by atoms with Crippen molar-refractivity contribution in [3.63, 3.8) is 0 Å². The van der Waals surface area contributed by atoms with E-state index in [-0.39, 0.29) is 0 Å². The van der Waals surface area contributed by atoms with Crippen molar-refractivity contribution in [1.82, 2.24) is 5.32 Å². The number of aliphatic hydroxyl groups excluding tert-OH is 1. The minimum Gasteiger partial charge on any atom is -0.383 e. The number of ketones is 1. The van der Waals surface area contributed by atoms with Crippen LogP contribution in [-0.2, 0) is 11.2 Å². The minimum atomic E-state index is -1.25. The number of benzene rings is 1. The maximum atomic E-state index is 11.1. The Kier molecular flexibility index (Phi) is 4.91. The first kappa shape index (κ1) is 13.4. The normalized spacial score (nSPS) is 13.8. The highest BCUT2D eigenvalue weighted by Crippen LogP contribution is 2.07. The average Bonchev–Trinajstić information content (AvgIpc) is 2.28. The number of hydrogen-bond acceptors (Lipinski definition) is 3. The SMILES string of the molecule is [B]C(=O)N[C@@H](Cc1ccccc1)[C@@H](O)C(C)=O. The monoisotopic (exact) mass is 231 g/mol. The fraction of sp³-hybridized carbons (Fsp3) is 0.333. The van der Waals surface area contributed by atoms with Gasteiger partial charge in [-0.1, -0.05) is 30.3 Å². The van der Waals surface area contributed by atoms with Gasteiger partial charge in [-0.15, -0.1) is 0 Å². The van der Waals surface area contributed by atoms with Crippen LogP contribution in [0.1, 0.15) is 12.5 Å². The molecule has 0 aliphatic heterocycles. The summed E-state index contributed by atoms with van der Waals surface area (Å²) in [6.45, 7) is 1.27. The summed E-state index contributed by atoms with van der Waals surface area (Å²) in [6.07, 6.45) is -0.896. The Hall–Kier alpha value is -1.62. The lowest BCUT2D eigenvalue weighted by Gasteiger charge is -2.22. The summed E-state index contributed by atoms with van der Waals surface area (Å²) in [5, 5.41) is 12.1. The van der Waals surface area contributed by atoms with E-state index in [1.807, 2.05) is 30.3 Å². The number of carbonyl (C=O) groups is 2. The van der Waals surface area contributed by atoms with Crippen molar-refractivity contribution in [1.29, 1.82) is 0 Å². The van der Waals surface area contributed by atoms with Crippen molar-refractivity contribution in [2.45, 2.75) is 25.5 Å². The molecule has 2 atom stereocenters. The van der Waals surface area contributed by atoms with Crippen molar-refractivity contribution in [3.8, 4) is 0 Å². The molecule has 2 radical (unpaired) electrons. The molecule has 2 N–H and O–H groups in total. The third kappa shape index (κ3) is 4.40. The Bertz CT molecular complexity index is 394. The molecule has 1 aromatic carbocycles. The zero-order valence-corrected chi connectivity index (χ0v) is 9.59. The molecule has 0 unspecified atom stereocenters. The average molecular weight is 231 g/mol. The number of amides is 1. The van der Waals surface area contributed by atoms with Crippen LogP contribution >= 0.6 is 0 Å². The highest BCUT2D eigenvalue weighted by atomic mass is 16.3. The molecule has 0 spiro atoms. The first-order valence-electron chi connectivity index (χ1n) is 5.29. The molecule has 1 amide bonds. The van der Waals surface area contributed by atoms with E-state index in [9.17, 15) is 14.7 Å². The number of rotatable bonds is 5. The van der Waals surface area contributed by atoms with Crippen LogP contribution in [0.15, 0.2) is 30.3 Å². The number of Topliss-reactive ketones (excluding diaryl/α,β-unsaturated/α-hetero) is 1. The van der Waals surface area contributed by atoms with Gasteiger partial charge in [0, 0.05) is 0 Å². The van der Waals surface area contributed by atoms with Gasteiger partial charge in [-0.25, -0.2) is 0 Å². The summed E-state index contributed by atoms with van der Waals surface area (Å²) in [6, 6.07) is 8.55. The van der Waals surface area contributed by atoms with Crippen LogP contribution in [0.5, 0.6) is 0 Å². The topological polar surface area (TPSA) is 66.4 Å². The van der Waals surface area contributed by atoms with Crippen molar-refractivity contribution in [2.75, 3.05) is 0 Å². The van der Waals surface area contributed by atoms with Crippen LogP contribution in [0.2, 0.25) is 0 Å². The quantitative estimate of drug-likeness (QED) is 0.722. The van der Waals surface area contributed by atoms with Crippen molar-refractivity contribution < 1.29 is 14.7 Å². The largest absolute Gasteiger partial charge is 0.383 e. The second-order valence-electron chi connectivity index (χ2n) is 3.86. The van der Waals surface area contributed by atoms with Crippen LogP contribution in [0, 0.1) is 0 Å². The Morgan fingerprint density at radius 3 is 2.41 bits per heavy atom. The lowest BCUT2D eigenvalue weighted by atomic mass is 9.97. The van der Waals surface area contributed by atoms with E-state index in [4.69, 9.17) is 7.85 Å². The predicted octanol–water partition coefficient (Wildman–Crippen LogP) is 0.426. The van der Waals surface area contributed by atoms with E-state index < -0.39 is 23.7 Å². The standard InChI is InChI=1S/C12H14BNO3/c1-8(15)11(16)10(14-12(13)17)7-9-5-3-2-4-6-9/h2-6,10-11,16H,7H2,1H3,(H,14,17)/t10-,11-/m0/s1. The fourth-order valence-corrected chi connectivity index (χ4v) is 1.58. The van der Waals surface area contributed by atoms with E-state index in [1.54, 1.807) is 0 Å². The number of carbonyl (C=O) groups excluding carboxylic acids is 2. The first-order valence-corrected chi connectivity index (χ1v) is 5.29. The number of aliphatic hydroxyl groups is 1. The van der Waals surface area contributed by atoms with E-state index in [0.29, 0.717) is 6.42 Å². The summed E-state index contributed by atoms with van der Waals surface area (Å²) in [4.78, 5) is 21.9. The molecule has 17 heavy (non-hydrogen) atoms. The molecule has 0 bridgehead atoms.